The van der Waals surface area contributed by atoms with Gasteiger partial charge in [0.05, 0.1) is 19.4 Å². The zero-order valence-electron chi connectivity index (χ0n) is 24.4. The van der Waals surface area contributed by atoms with E-state index in [9.17, 15) is 0 Å². The first kappa shape index (κ1) is 31.8. The number of aliphatic hydroxyl groups excluding tert-OH is 1. The lowest BCUT2D eigenvalue weighted by Gasteiger charge is -2.23. The van der Waals surface area contributed by atoms with Crippen LogP contribution in [0.2, 0.25) is 0 Å². The second kappa shape index (κ2) is 15.9. The Morgan fingerprint density at radius 3 is 2.10 bits per heavy atom. The first-order valence-electron chi connectivity index (χ1n) is 13.3. The zero-order valence-corrected chi connectivity index (χ0v) is 24.4. The van der Waals surface area contributed by atoms with Gasteiger partial charge in [-0.25, -0.2) is 0 Å². The maximum Gasteiger partial charge on any atom is 0.126 e. The minimum absolute atomic E-state index is 0.132. The van der Waals surface area contributed by atoms with E-state index in [2.05, 4.69) is 106 Å². The summed E-state index contributed by atoms with van der Waals surface area (Å²) in [7, 11) is 1.69. The Morgan fingerprint density at radius 1 is 0.875 bits per heavy atom. The van der Waals surface area contributed by atoms with Crippen molar-refractivity contribution in [2.75, 3.05) is 13.7 Å². The number of aliphatic hydroxyl groups is 1. The third kappa shape index (κ3) is 8.56. The second-order valence-electron chi connectivity index (χ2n) is 10.1. The van der Waals surface area contributed by atoms with Crippen molar-refractivity contribution in [2.45, 2.75) is 39.5 Å². The molecule has 0 bridgehead atoms. The molecule has 0 saturated heterocycles. The largest absolute Gasteiger partial charge is 0.496 e. The van der Waals surface area contributed by atoms with Crippen molar-refractivity contribution in [3.05, 3.63) is 120 Å². The molecule has 4 rings (SSSR count). The van der Waals surface area contributed by atoms with E-state index in [1.54, 1.807) is 7.11 Å². The van der Waals surface area contributed by atoms with Crippen molar-refractivity contribution < 1.29 is 9.84 Å². The van der Waals surface area contributed by atoms with Crippen LogP contribution < -0.4 is 4.74 Å². The predicted octanol–water partition coefficient (Wildman–Crippen LogP) is 9.34. The van der Waals surface area contributed by atoms with Gasteiger partial charge in [0.2, 0.25) is 0 Å². The molecule has 0 aliphatic carbocycles. The van der Waals surface area contributed by atoms with Gasteiger partial charge < -0.3 is 9.84 Å². The van der Waals surface area contributed by atoms with Gasteiger partial charge in [-0.05, 0) is 66.6 Å². The topological polar surface area (TPSA) is 41.8 Å². The third-order valence-electron chi connectivity index (χ3n) is 6.66. The number of ether oxygens (including phenoxy) is 1. The second-order valence-corrected chi connectivity index (χ2v) is 10.1. The minimum Gasteiger partial charge on any atom is -0.496 e. The van der Waals surface area contributed by atoms with Crippen LogP contribution in [0.1, 0.15) is 39.7 Å². The highest BCUT2D eigenvalue weighted by Crippen LogP contribution is 2.39. The summed E-state index contributed by atoms with van der Waals surface area (Å²) < 4.78 is 5.48. The van der Waals surface area contributed by atoms with Gasteiger partial charge in [0.1, 0.15) is 5.75 Å². The first-order chi connectivity index (χ1) is 19.3. The van der Waals surface area contributed by atoms with Gasteiger partial charge in [-0.15, -0.1) is 12.8 Å². The first-order valence-corrected chi connectivity index (χ1v) is 13.3. The van der Waals surface area contributed by atoms with Crippen molar-refractivity contribution in [1.82, 2.24) is 0 Å². The van der Waals surface area contributed by atoms with Gasteiger partial charge in [0.15, 0.2) is 0 Å². The average Bonchev–Trinajstić information content (AvgIpc) is 3.01. The molecular formula is C37H41NO2. The number of terminal acetylenes is 1. The molecule has 0 spiro atoms. The Kier molecular flexibility index (Phi) is 12.6. The summed E-state index contributed by atoms with van der Waals surface area (Å²) in [5.74, 6) is 0.860. The van der Waals surface area contributed by atoms with Crippen molar-refractivity contribution in [2.24, 2.45) is 4.99 Å². The molecule has 4 aromatic carbocycles. The Labute approximate surface area is 240 Å². The SMILES string of the molecule is C#C.C=Nc1cccc2cccc(-c3ccccc3OC)c12.CC(=C/CC(C)(C)c1ccccc1)/C=C(/C)CO. The Bertz CT molecular complexity index is 1450. The number of aliphatic imine (C=N–C) groups is 1. The summed E-state index contributed by atoms with van der Waals surface area (Å²) in [4.78, 5) is 4.15. The maximum absolute atomic E-state index is 8.99. The van der Waals surface area contributed by atoms with Crippen LogP contribution in [-0.4, -0.2) is 25.5 Å². The fourth-order valence-electron chi connectivity index (χ4n) is 4.46. The molecule has 0 saturated carbocycles. The quantitative estimate of drug-likeness (QED) is 0.140. The molecule has 3 heteroatoms. The van der Waals surface area contributed by atoms with Crippen LogP contribution in [0.4, 0.5) is 5.69 Å². The number of hydrogen-bond acceptors (Lipinski definition) is 3. The molecule has 40 heavy (non-hydrogen) atoms. The number of benzene rings is 4. The minimum atomic E-state index is 0.132. The molecule has 0 aliphatic rings. The van der Waals surface area contributed by atoms with Crippen LogP contribution in [0.25, 0.3) is 21.9 Å². The summed E-state index contributed by atoms with van der Waals surface area (Å²) >= 11 is 0. The Hall–Kier alpha value is -4.39. The molecule has 0 amide bonds. The number of allylic oxidation sites excluding steroid dienone is 3. The predicted molar refractivity (Wildman–Crippen MR) is 174 cm³/mol. The third-order valence-corrected chi connectivity index (χ3v) is 6.66. The van der Waals surface area contributed by atoms with E-state index < -0.39 is 0 Å². The highest BCUT2D eigenvalue weighted by Gasteiger charge is 2.18. The smallest absolute Gasteiger partial charge is 0.126 e. The van der Waals surface area contributed by atoms with E-state index in [0.717, 1.165) is 45.3 Å². The van der Waals surface area contributed by atoms with Crippen molar-refractivity contribution in [3.8, 4) is 29.7 Å². The summed E-state index contributed by atoms with van der Waals surface area (Å²) in [6.07, 6.45) is 13.3. The number of nitrogens with zero attached hydrogens (tertiary/aromatic N) is 1. The van der Waals surface area contributed by atoms with E-state index in [1.165, 1.54) is 11.1 Å². The number of fused-ring (bicyclic) bond motifs is 1. The normalized spacial score (nSPS) is 11.5. The van der Waals surface area contributed by atoms with E-state index in [1.807, 2.05) is 49.4 Å². The molecular weight excluding hydrogens is 490 g/mol. The molecule has 0 aliphatic heterocycles. The molecule has 0 heterocycles. The van der Waals surface area contributed by atoms with Gasteiger partial charge in [0, 0.05) is 10.9 Å². The van der Waals surface area contributed by atoms with Crippen LogP contribution >= 0.6 is 0 Å². The fraction of sp³-hybridized carbons (Fsp3) is 0.216. The lowest BCUT2D eigenvalue weighted by Crippen LogP contribution is -2.15. The number of methoxy groups -OCH3 is 1. The average molecular weight is 532 g/mol. The number of para-hydroxylation sites is 1. The monoisotopic (exact) mass is 531 g/mol. The van der Waals surface area contributed by atoms with Crippen LogP contribution in [0, 0.1) is 12.8 Å². The molecule has 1 N–H and O–H groups in total. The molecule has 206 valence electrons. The lowest BCUT2D eigenvalue weighted by molar-refractivity contribution is 0.331. The summed E-state index contributed by atoms with van der Waals surface area (Å²) in [5.41, 5.74) is 6.79. The van der Waals surface area contributed by atoms with E-state index in [0.29, 0.717) is 0 Å². The van der Waals surface area contributed by atoms with Crippen molar-refractivity contribution in [1.29, 1.82) is 0 Å². The molecule has 0 aromatic heterocycles. The van der Waals surface area contributed by atoms with E-state index in [4.69, 9.17) is 9.84 Å². The van der Waals surface area contributed by atoms with Crippen LogP contribution in [0.3, 0.4) is 0 Å². The Morgan fingerprint density at radius 2 is 1.48 bits per heavy atom. The van der Waals surface area contributed by atoms with Gasteiger partial charge in [0.25, 0.3) is 0 Å². The standard InChI is InChI=1S/C18H15NO.C17H24O.C2H2/c1-19-16-11-6-8-13-7-5-10-15(18(13)16)14-9-3-4-12-17(14)20-2;1-14(12-15(2)13-18)10-11-17(3,4)16-8-6-5-7-9-16;1-2/h3-12H,1H2,2H3;5-10,12,18H,11,13H2,1-4H3;1-2H/b;14-10-,15-12-;. The summed E-state index contributed by atoms with van der Waals surface area (Å²) in [5, 5.41) is 11.3. The molecule has 4 aromatic rings. The van der Waals surface area contributed by atoms with Gasteiger partial charge in [-0.1, -0.05) is 110 Å². The van der Waals surface area contributed by atoms with Gasteiger partial charge in [-0.2, -0.15) is 0 Å². The van der Waals surface area contributed by atoms with Gasteiger partial charge in [-0.3, -0.25) is 4.99 Å². The lowest BCUT2D eigenvalue weighted by atomic mass is 9.81. The summed E-state index contributed by atoms with van der Waals surface area (Å²) in [6, 6.07) is 30.9. The van der Waals surface area contributed by atoms with Gasteiger partial charge >= 0.3 is 0 Å². The van der Waals surface area contributed by atoms with Crippen LogP contribution in [0.15, 0.2) is 119 Å². The highest BCUT2D eigenvalue weighted by molar-refractivity contribution is 6.05. The van der Waals surface area contributed by atoms with Crippen molar-refractivity contribution >= 4 is 23.2 Å². The van der Waals surface area contributed by atoms with Crippen molar-refractivity contribution in [3.63, 3.8) is 0 Å². The Balaban J connectivity index is 0.000000266. The van der Waals surface area contributed by atoms with E-state index in [-0.39, 0.29) is 12.0 Å². The number of hydrogen-bond donors (Lipinski definition) is 1. The summed E-state index contributed by atoms with van der Waals surface area (Å²) in [6.45, 7) is 12.4. The molecule has 0 unspecified atom stereocenters. The van der Waals surface area contributed by atoms with Crippen LogP contribution in [-0.2, 0) is 5.41 Å². The molecule has 0 radical (unpaired) electrons. The van der Waals surface area contributed by atoms with E-state index >= 15 is 0 Å². The zero-order chi connectivity index (χ0) is 29.5. The van der Waals surface area contributed by atoms with Crippen LogP contribution in [0.5, 0.6) is 5.75 Å². The maximum atomic E-state index is 8.99. The fourth-order valence-corrected chi connectivity index (χ4v) is 4.46. The highest BCUT2D eigenvalue weighted by atomic mass is 16.5. The molecule has 0 fully saturated rings. The number of rotatable bonds is 8. The molecule has 0 atom stereocenters. The molecule has 3 nitrogen and oxygen atoms in total.